The van der Waals surface area contributed by atoms with E-state index in [1.165, 1.54) is 6.07 Å². The number of hydrogen-bond acceptors (Lipinski definition) is 8. The Kier molecular flexibility index (Phi) is 10.2. The summed E-state index contributed by atoms with van der Waals surface area (Å²) in [7, 11) is 0. The highest BCUT2D eigenvalue weighted by Gasteiger charge is 2.14. The van der Waals surface area contributed by atoms with Gasteiger partial charge in [0, 0.05) is 0 Å². The maximum absolute atomic E-state index is 12.9. The van der Waals surface area contributed by atoms with Crippen LogP contribution >= 0.6 is 0 Å². The SMILES string of the molecule is O=C(Oc1ccc(/N=N/c2ccc(-c3ccccc3)cc2)cc1)c1cccc(C(=O)Oc2ccc(/N=N/c3ccc(-c4ccccc4)cc3)cc2)c1. The van der Waals surface area contributed by atoms with E-state index in [9.17, 15) is 9.59 Å². The van der Waals surface area contributed by atoms with E-state index in [0.29, 0.717) is 34.2 Å². The maximum Gasteiger partial charge on any atom is 0.343 e. The highest BCUT2D eigenvalue weighted by molar-refractivity contribution is 5.96. The van der Waals surface area contributed by atoms with Gasteiger partial charge in [0.2, 0.25) is 0 Å². The van der Waals surface area contributed by atoms with Gasteiger partial charge in [0.15, 0.2) is 0 Å². The van der Waals surface area contributed by atoms with Gasteiger partial charge in [-0.15, -0.1) is 0 Å². The fourth-order valence-corrected chi connectivity index (χ4v) is 5.20. The van der Waals surface area contributed by atoms with Crippen molar-refractivity contribution in [2.45, 2.75) is 0 Å². The number of carbonyl (C=O) groups is 2. The van der Waals surface area contributed by atoms with Crippen LogP contribution in [0.15, 0.2) is 202 Å². The number of nitrogens with zero attached hydrogens (tertiary/aromatic N) is 4. The summed E-state index contributed by atoms with van der Waals surface area (Å²) in [5, 5.41) is 17.2. The molecule has 7 rings (SSSR count). The summed E-state index contributed by atoms with van der Waals surface area (Å²) in [5.74, 6) is -0.588. The number of esters is 2. The smallest absolute Gasteiger partial charge is 0.343 e. The van der Waals surface area contributed by atoms with Crippen LogP contribution in [0.2, 0.25) is 0 Å². The van der Waals surface area contributed by atoms with Crippen LogP contribution < -0.4 is 9.47 Å². The van der Waals surface area contributed by atoms with Crippen LogP contribution in [-0.2, 0) is 0 Å². The van der Waals surface area contributed by atoms with E-state index < -0.39 is 11.9 Å². The van der Waals surface area contributed by atoms with E-state index in [4.69, 9.17) is 9.47 Å². The van der Waals surface area contributed by atoms with Gasteiger partial charge in [-0.3, -0.25) is 0 Å². The first-order valence-corrected chi connectivity index (χ1v) is 16.4. The summed E-state index contributed by atoms with van der Waals surface area (Å²) in [6.45, 7) is 0. The summed E-state index contributed by atoms with van der Waals surface area (Å²) in [5.41, 5.74) is 7.49. The zero-order chi connectivity index (χ0) is 35.5. The third-order valence-corrected chi connectivity index (χ3v) is 7.94. The molecular formula is C44H30N4O4. The lowest BCUT2D eigenvalue weighted by atomic mass is 10.1. The third-order valence-electron chi connectivity index (χ3n) is 7.94. The summed E-state index contributed by atoms with van der Waals surface area (Å²) in [6, 6.07) is 55.3. The standard InChI is InChI=1S/C44H30N4O4/c49-43(51-41-26-22-39(23-27-41)47-45-37-18-14-33(15-19-37)31-8-3-1-4-9-31)35-12-7-13-36(30-35)44(50)52-42-28-24-40(25-29-42)48-46-38-20-16-34(17-21-38)32-10-5-2-6-11-32/h1-30H/b47-45+,48-46+. The van der Waals surface area contributed by atoms with Gasteiger partial charge < -0.3 is 9.47 Å². The molecule has 0 saturated carbocycles. The van der Waals surface area contributed by atoms with E-state index in [2.05, 4.69) is 44.7 Å². The Morgan fingerprint density at radius 2 is 0.635 bits per heavy atom. The summed E-state index contributed by atoms with van der Waals surface area (Å²) < 4.78 is 11.1. The lowest BCUT2D eigenvalue weighted by molar-refractivity contribution is 0.0734. The number of ether oxygens (including phenoxy) is 2. The van der Waals surface area contributed by atoms with Crippen molar-refractivity contribution >= 4 is 34.7 Å². The summed E-state index contributed by atoms with van der Waals surface area (Å²) in [4.78, 5) is 25.8. The van der Waals surface area contributed by atoms with Crippen LogP contribution in [0.4, 0.5) is 22.7 Å². The average Bonchev–Trinajstić information content (AvgIpc) is 3.21. The van der Waals surface area contributed by atoms with E-state index in [1.807, 2.05) is 84.9 Å². The number of azo groups is 2. The van der Waals surface area contributed by atoms with Gasteiger partial charge in [-0.05, 0) is 113 Å². The van der Waals surface area contributed by atoms with Crippen molar-refractivity contribution in [1.82, 2.24) is 0 Å². The van der Waals surface area contributed by atoms with Crippen molar-refractivity contribution < 1.29 is 19.1 Å². The van der Waals surface area contributed by atoms with Gasteiger partial charge in [0.05, 0.1) is 33.9 Å². The van der Waals surface area contributed by atoms with E-state index in [1.54, 1.807) is 66.7 Å². The van der Waals surface area contributed by atoms with Crippen LogP contribution in [0, 0.1) is 0 Å². The van der Waals surface area contributed by atoms with Crippen LogP contribution in [0.25, 0.3) is 22.3 Å². The minimum Gasteiger partial charge on any atom is -0.423 e. The lowest BCUT2D eigenvalue weighted by Crippen LogP contribution is -2.12. The Morgan fingerprint density at radius 1 is 0.327 bits per heavy atom. The molecule has 0 aliphatic rings. The molecule has 7 aromatic rings. The molecule has 0 spiro atoms. The molecule has 0 saturated heterocycles. The Balaban J connectivity index is 0.912. The number of rotatable bonds is 10. The number of hydrogen-bond donors (Lipinski definition) is 0. The van der Waals surface area contributed by atoms with Crippen molar-refractivity contribution in [3.8, 4) is 33.8 Å². The average molecular weight is 679 g/mol. The second kappa shape index (κ2) is 15.9. The van der Waals surface area contributed by atoms with Crippen molar-refractivity contribution in [1.29, 1.82) is 0 Å². The second-order valence-corrected chi connectivity index (χ2v) is 11.6. The highest BCUT2D eigenvalue weighted by Crippen LogP contribution is 2.27. The first-order chi connectivity index (χ1) is 25.6. The predicted molar refractivity (Wildman–Crippen MR) is 201 cm³/mol. The van der Waals surface area contributed by atoms with Gasteiger partial charge in [0.1, 0.15) is 11.5 Å². The molecule has 8 nitrogen and oxygen atoms in total. The Bertz CT molecular complexity index is 2180. The first kappa shape index (κ1) is 33.2. The van der Waals surface area contributed by atoms with Crippen molar-refractivity contribution in [3.05, 3.63) is 193 Å². The van der Waals surface area contributed by atoms with Gasteiger partial charge in [-0.2, -0.15) is 20.5 Å². The molecule has 0 atom stereocenters. The van der Waals surface area contributed by atoms with Crippen molar-refractivity contribution in [2.24, 2.45) is 20.5 Å². The van der Waals surface area contributed by atoms with Gasteiger partial charge in [-0.25, -0.2) is 9.59 Å². The molecule has 0 amide bonds. The minimum atomic E-state index is -0.619. The fourth-order valence-electron chi connectivity index (χ4n) is 5.20. The largest absolute Gasteiger partial charge is 0.423 e. The first-order valence-electron chi connectivity index (χ1n) is 16.4. The summed E-state index contributed by atoms with van der Waals surface area (Å²) >= 11 is 0. The van der Waals surface area contributed by atoms with Crippen LogP contribution in [-0.4, -0.2) is 11.9 Å². The molecule has 52 heavy (non-hydrogen) atoms. The number of benzene rings is 7. The molecule has 0 aliphatic carbocycles. The van der Waals surface area contributed by atoms with Gasteiger partial charge in [-0.1, -0.05) is 91.0 Å². The summed E-state index contributed by atoms with van der Waals surface area (Å²) in [6.07, 6.45) is 0. The molecule has 0 N–H and O–H groups in total. The molecule has 0 unspecified atom stereocenters. The monoisotopic (exact) mass is 678 g/mol. The predicted octanol–water partition coefficient (Wildman–Crippen LogP) is 12.3. The van der Waals surface area contributed by atoms with Crippen molar-refractivity contribution in [3.63, 3.8) is 0 Å². The van der Waals surface area contributed by atoms with Crippen LogP contribution in [0.1, 0.15) is 20.7 Å². The fraction of sp³-hybridized carbons (Fsp3) is 0. The lowest BCUT2D eigenvalue weighted by Gasteiger charge is -2.07. The topological polar surface area (TPSA) is 102 Å². The van der Waals surface area contributed by atoms with E-state index in [0.717, 1.165) is 22.3 Å². The molecule has 8 heteroatoms. The molecule has 0 bridgehead atoms. The molecule has 0 radical (unpaired) electrons. The Labute approximate surface area is 300 Å². The normalized spacial score (nSPS) is 11.1. The van der Waals surface area contributed by atoms with E-state index in [-0.39, 0.29) is 11.1 Å². The highest BCUT2D eigenvalue weighted by atomic mass is 16.5. The van der Waals surface area contributed by atoms with Gasteiger partial charge >= 0.3 is 11.9 Å². The van der Waals surface area contributed by atoms with Crippen LogP contribution in [0.5, 0.6) is 11.5 Å². The molecular weight excluding hydrogens is 649 g/mol. The van der Waals surface area contributed by atoms with Crippen molar-refractivity contribution in [2.75, 3.05) is 0 Å². The minimum absolute atomic E-state index is 0.199. The molecule has 0 fully saturated rings. The van der Waals surface area contributed by atoms with Crippen LogP contribution in [0.3, 0.4) is 0 Å². The molecule has 250 valence electrons. The molecule has 0 heterocycles. The quantitative estimate of drug-likeness (QED) is 0.0816. The van der Waals surface area contributed by atoms with E-state index >= 15 is 0 Å². The third kappa shape index (κ3) is 8.63. The Hall–Kier alpha value is -7.32. The zero-order valence-corrected chi connectivity index (χ0v) is 27.7. The molecule has 0 aliphatic heterocycles. The molecule has 7 aromatic carbocycles. The Morgan fingerprint density at radius 3 is 0.981 bits per heavy atom. The second-order valence-electron chi connectivity index (χ2n) is 11.6. The zero-order valence-electron chi connectivity index (χ0n) is 27.7. The number of carbonyl (C=O) groups excluding carboxylic acids is 2. The molecule has 0 aromatic heterocycles. The maximum atomic E-state index is 12.9. The van der Waals surface area contributed by atoms with Gasteiger partial charge in [0.25, 0.3) is 0 Å².